The van der Waals surface area contributed by atoms with E-state index in [1.54, 1.807) is 7.05 Å². The number of rotatable bonds is 5. The highest BCUT2D eigenvalue weighted by Gasteiger charge is 2.14. The Morgan fingerprint density at radius 3 is 2.68 bits per heavy atom. The first-order valence-corrected chi connectivity index (χ1v) is 8.79. The lowest BCUT2D eigenvalue weighted by atomic mass is 10.1. The van der Waals surface area contributed by atoms with Crippen molar-refractivity contribution in [3.8, 4) is 11.4 Å². The zero-order chi connectivity index (χ0) is 18.0. The third kappa shape index (κ3) is 3.51. The Balaban J connectivity index is 1.96. The first-order chi connectivity index (χ1) is 12.0. The van der Waals surface area contributed by atoms with Crippen molar-refractivity contribution in [1.29, 1.82) is 0 Å². The molecule has 0 radical (unpaired) electrons. The Hall–Kier alpha value is -2.41. The third-order valence-corrected chi connectivity index (χ3v) is 4.76. The molecule has 0 saturated heterocycles. The van der Waals surface area contributed by atoms with Crippen LogP contribution in [0.1, 0.15) is 23.6 Å². The molecule has 0 aliphatic carbocycles. The zero-order valence-corrected chi connectivity index (χ0v) is 15.9. The van der Waals surface area contributed by atoms with Crippen LogP contribution in [0.5, 0.6) is 5.75 Å². The maximum Gasteiger partial charge on any atom is 0.368 e. The molecule has 0 amide bonds. The van der Waals surface area contributed by atoms with Crippen LogP contribution in [-0.4, -0.2) is 19.8 Å². The summed E-state index contributed by atoms with van der Waals surface area (Å²) in [5, 5.41) is 7.71. The SMILES string of the molecule is CCc1cc(C)ccc1OCc1c(Br)cccc1-n1nnn(C)c1=O. The molecule has 3 rings (SSSR count). The molecule has 0 atom stereocenters. The fourth-order valence-corrected chi connectivity index (χ4v) is 3.10. The minimum absolute atomic E-state index is 0.302. The molecular weight excluding hydrogens is 384 g/mol. The van der Waals surface area contributed by atoms with Crippen molar-refractivity contribution in [2.24, 2.45) is 7.05 Å². The van der Waals surface area contributed by atoms with Gasteiger partial charge in [-0.15, -0.1) is 0 Å². The highest BCUT2D eigenvalue weighted by Crippen LogP contribution is 2.26. The van der Waals surface area contributed by atoms with Gasteiger partial charge in [-0.05, 0) is 47.5 Å². The Kier molecular flexibility index (Phi) is 5.03. The predicted molar refractivity (Wildman–Crippen MR) is 99.2 cm³/mol. The van der Waals surface area contributed by atoms with Gasteiger partial charge in [0.1, 0.15) is 12.4 Å². The van der Waals surface area contributed by atoms with Gasteiger partial charge in [-0.2, -0.15) is 9.36 Å². The average Bonchev–Trinajstić information content (AvgIpc) is 2.93. The number of ether oxygens (including phenoxy) is 1. The fraction of sp³-hybridized carbons (Fsp3) is 0.278. The molecule has 1 heterocycles. The van der Waals surface area contributed by atoms with E-state index in [0.29, 0.717) is 12.3 Å². The molecule has 0 N–H and O–H groups in total. The second-order valence-corrected chi connectivity index (χ2v) is 6.64. The second kappa shape index (κ2) is 7.23. The molecule has 0 fully saturated rings. The van der Waals surface area contributed by atoms with E-state index < -0.39 is 0 Å². The molecular formula is C18H19BrN4O2. The van der Waals surface area contributed by atoms with Crippen molar-refractivity contribution in [2.75, 3.05) is 0 Å². The van der Waals surface area contributed by atoms with Crippen LogP contribution in [0.3, 0.4) is 0 Å². The molecule has 130 valence electrons. The summed E-state index contributed by atoms with van der Waals surface area (Å²) in [5.74, 6) is 0.848. The van der Waals surface area contributed by atoms with Crippen molar-refractivity contribution in [1.82, 2.24) is 19.8 Å². The smallest absolute Gasteiger partial charge is 0.368 e. The topological polar surface area (TPSA) is 61.9 Å². The molecule has 0 bridgehead atoms. The van der Waals surface area contributed by atoms with E-state index in [2.05, 4.69) is 46.3 Å². The number of hydrogen-bond donors (Lipinski definition) is 0. The summed E-state index contributed by atoms with van der Waals surface area (Å²) < 4.78 is 9.38. The number of tetrazole rings is 1. The predicted octanol–water partition coefficient (Wildman–Crippen LogP) is 3.18. The second-order valence-electron chi connectivity index (χ2n) is 5.79. The summed E-state index contributed by atoms with van der Waals surface area (Å²) >= 11 is 3.55. The average molecular weight is 403 g/mol. The Morgan fingerprint density at radius 1 is 1.20 bits per heavy atom. The monoisotopic (exact) mass is 402 g/mol. The van der Waals surface area contributed by atoms with Gasteiger partial charge in [0.15, 0.2) is 0 Å². The molecule has 6 nitrogen and oxygen atoms in total. The van der Waals surface area contributed by atoms with Gasteiger partial charge >= 0.3 is 5.69 Å². The molecule has 3 aromatic rings. The van der Waals surface area contributed by atoms with Crippen molar-refractivity contribution < 1.29 is 4.74 Å². The minimum Gasteiger partial charge on any atom is -0.489 e. The van der Waals surface area contributed by atoms with Crippen LogP contribution < -0.4 is 10.4 Å². The van der Waals surface area contributed by atoms with Crippen LogP contribution in [0.4, 0.5) is 0 Å². The summed E-state index contributed by atoms with van der Waals surface area (Å²) in [4.78, 5) is 12.2. The van der Waals surface area contributed by atoms with Gasteiger partial charge in [0, 0.05) is 17.1 Å². The number of hydrogen-bond acceptors (Lipinski definition) is 4. The molecule has 1 aromatic heterocycles. The lowest BCUT2D eigenvalue weighted by Gasteiger charge is -2.14. The number of nitrogens with zero attached hydrogens (tertiary/aromatic N) is 4. The summed E-state index contributed by atoms with van der Waals surface area (Å²) in [6.07, 6.45) is 0.892. The maximum absolute atomic E-state index is 12.2. The molecule has 0 aliphatic rings. The van der Waals surface area contributed by atoms with E-state index in [1.807, 2.05) is 30.3 Å². The first kappa shape index (κ1) is 17.4. The van der Waals surface area contributed by atoms with Gasteiger partial charge in [-0.3, -0.25) is 0 Å². The highest BCUT2D eigenvalue weighted by atomic mass is 79.9. The maximum atomic E-state index is 12.2. The van der Waals surface area contributed by atoms with Gasteiger partial charge in [-0.1, -0.05) is 46.6 Å². The number of aromatic nitrogens is 4. The molecule has 0 aliphatic heterocycles. The van der Waals surface area contributed by atoms with Crippen LogP contribution in [0.2, 0.25) is 0 Å². The van der Waals surface area contributed by atoms with E-state index in [4.69, 9.17) is 4.74 Å². The minimum atomic E-state index is -0.302. The van der Waals surface area contributed by atoms with Gasteiger partial charge in [-0.25, -0.2) is 4.79 Å². The lowest BCUT2D eigenvalue weighted by Crippen LogP contribution is -2.23. The first-order valence-electron chi connectivity index (χ1n) is 8.00. The quantitative estimate of drug-likeness (QED) is 0.657. The fourth-order valence-electron chi connectivity index (χ4n) is 2.63. The number of benzene rings is 2. The summed E-state index contributed by atoms with van der Waals surface area (Å²) in [5.41, 5.74) is 3.55. The van der Waals surface area contributed by atoms with Crippen LogP contribution in [0.25, 0.3) is 5.69 Å². The lowest BCUT2D eigenvalue weighted by molar-refractivity contribution is 0.301. The van der Waals surface area contributed by atoms with Crippen LogP contribution >= 0.6 is 15.9 Å². The molecule has 2 aromatic carbocycles. The Morgan fingerprint density at radius 2 is 2.00 bits per heavy atom. The summed E-state index contributed by atoms with van der Waals surface area (Å²) in [6, 6.07) is 11.7. The standard InChI is InChI=1S/C18H19BrN4O2/c1-4-13-10-12(2)8-9-17(13)25-11-14-15(19)6-5-7-16(14)23-18(24)22(3)20-21-23/h5-10H,4,11H2,1-3H3. The molecule has 0 saturated carbocycles. The van der Waals surface area contributed by atoms with Crippen molar-refractivity contribution in [3.63, 3.8) is 0 Å². The van der Waals surface area contributed by atoms with Gasteiger partial charge in [0.25, 0.3) is 0 Å². The van der Waals surface area contributed by atoms with Gasteiger partial charge < -0.3 is 4.74 Å². The van der Waals surface area contributed by atoms with Gasteiger partial charge in [0.05, 0.1) is 5.69 Å². The Bertz CT molecular complexity index is 962. The van der Waals surface area contributed by atoms with E-state index >= 15 is 0 Å². The van der Waals surface area contributed by atoms with Crippen LogP contribution in [0.15, 0.2) is 45.7 Å². The molecule has 25 heavy (non-hydrogen) atoms. The zero-order valence-electron chi connectivity index (χ0n) is 14.4. The van der Waals surface area contributed by atoms with Crippen molar-refractivity contribution >= 4 is 15.9 Å². The Labute approximate surface area is 154 Å². The molecule has 7 heteroatoms. The molecule has 0 unspecified atom stereocenters. The van der Waals surface area contributed by atoms with Crippen LogP contribution in [-0.2, 0) is 20.1 Å². The summed E-state index contributed by atoms with van der Waals surface area (Å²) in [6.45, 7) is 4.48. The number of aryl methyl sites for hydroxylation is 3. The van der Waals surface area contributed by atoms with E-state index in [-0.39, 0.29) is 5.69 Å². The van der Waals surface area contributed by atoms with E-state index in [9.17, 15) is 4.79 Å². The van der Waals surface area contributed by atoms with Crippen LogP contribution in [0, 0.1) is 6.92 Å². The number of halogens is 1. The normalized spacial score (nSPS) is 10.9. The van der Waals surface area contributed by atoms with Gasteiger partial charge in [0.2, 0.25) is 0 Å². The molecule has 0 spiro atoms. The third-order valence-electron chi connectivity index (χ3n) is 4.01. The van der Waals surface area contributed by atoms with E-state index in [1.165, 1.54) is 14.9 Å². The van der Waals surface area contributed by atoms with Crippen molar-refractivity contribution in [2.45, 2.75) is 26.9 Å². The highest BCUT2D eigenvalue weighted by molar-refractivity contribution is 9.10. The summed E-state index contributed by atoms with van der Waals surface area (Å²) in [7, 11) is 1.57. The van der Waals surface area contributed by atoms with E-state index in [0.717, 1.165) is 27.8 Å². The largest absolute Gasteiger partial charge is 0.489 e. The van der Waals surface area contributed by atoms with Crippen molar-refractivity contribution in [3.05, 3.63) is 68.0 Å².